The molecule has 0 bridgehead atoms. The summed E-state index contributed by atoms with van der Waals surface area (Å²) in [6.07, 6.45) is 3.61. The topological polar surface area (TPSA) is 34.1 Å². The number of nitrogens with one attached hydrogen (secondary N) is 1. The van der Waals surface area contributed by atoms with E-state index in [4.69, 9.17) is 4.74 Å². The average Bonchev–Trinajstić information content (AvgIpc) is 2.52. The van der Waals surface area contributed by atoms with Gasteiger partial charge in [-0.3, -0.25) is 0 Å². The summed E-state index contributed by atoms with van der Waals surface area (Å²) in [5.74, 6) is 1.75. The predicted molar refractivity (Wildman–Crippen MR) is 83.2 cm³/mol. The van der Waals surface area contributed by atoms with Crippen LogP contribution in [0.5, 0.6) is 5.75 Å². The van der Waals surface area contributed by atoms with E-state index >= 15 is 0 Å². The fourth-order valence-electron chi connectivity index (χ4n) is 1.99. The Kier molecular flexibility index (Phi) is 5.42. The first-order chi connectivity index (χ1) is 9.81. The van der Waals surface area contributed by atoms with Crippen LogP contribution < -0.4 is 10.1 Å². The Labute approximate surface area is 121 Å². The van der Waals surface area contributed by atoms with Crippen molar-refractivity contribution in [1.29, 1.82) is 0 Å². The fraction of sp³-hybridized carbons (Fsp3) is 0.353. The lowest BCUT2D eigenvalue weighted by atomic mass is 10.1. The Hall–Kier alpha value is -2.03. The van der Waals surface area contributed by atoms with E-state index in [9.17, 15) is 0 Å². The number of unbranched alkanes of at least 4 members (excludes halogenated alkanes) is 1. The van der Waals surface area contributed by atoms with Crippen molar-refractivity contribution in [3.8, 4) is 5.75 Å². The molecule has 0 aliphatic carbocycles. The Morgan fingerprint density at radius 1 is 1.10 bits per heavy atom. The third-order valence-corrected chi connectivity index (χ3v) is 3.19. The smallest absolute Gasteiger partial charge is 0.130 e. The fourth-order valence-corrected chi connectivity index (χ4v) is 1.99. The molecule has 1 aromatic heterocycles. The van der Waals surface area contributed by atoms with E-state index in [1.807, 2.05) is 37.4 Å². The maximum Gasteiger partial charge on any atom is 0.130 e. The zero-order valence-electron chi connectivity index (χ0n) is 12.2. The van der Waals surface area contributed by atoms with Crippen LogP contribution in [0.15, 0.2) is 42.5 Å². The lowest BCUT2D eigenvalue weighted by Gasteiger charge is -2.08. The van der Waals surface area contributed by atoms with Gasteiger partial charge in [0.25, 0.3) is 0 Å². The molecule has 0 saturated heterocycles. The molecule has 1 aromatic carbocycles. The van der Waals surface area contributed by atoms with Gasteiger partial charge in [-0.25, -0.2) is 4.98 Å². The molecule has 1 heterocycles. The second-order valence-electron chi connectivity index (χ2n) is 4.80. The van der Waals surface area contributed by atoms with E-state index in [0.29, 0.717) is 6.61 Å². The predicted octanol–water partition coefficient (Wildman–Crippen LogP) is 4.04. The standard InChI is InChI=1S/C17H22N2O/c1-3-4-6-14-9-11-16(12-10-14)20-13-15-7-5-8-17(18-2)19-15/h5,7-12H,3-4,6,13H2,1-2H3,(H,18,19). The monoisotopic (exact) mass is 270 g/mol. The van der Waals surface area contributed by atoms with Crippen molar-refractivity contribution >= 4 is 5.82 Å². The van der Waals surface area contributed by atoms with Crippen molar-refractivity contribution in [2.24, 2.45) is 0 Å². The molecule has 2 rings (SSSR count). The van der Waals surface area contributed by atoms with E-state index in [1.165, 1.54) is 18.4 Å². The first-order valence-electron chi connectivity index (χ1n) is 7.17. The van der Waals surface area contributed by atoms with Gasteiger partial charge in [0, 0.05) is 7.05 Å². The van der Waals surface area contributed by atoms with Crippen molar-refractivity contribution in [2.45, 2.75) is 32.8 Å². The Morgan fingerprint density at radius 3 is 2.60 bits per heavy atom. The van der Waals surface area contributed by atoms with Gasteiger partial charge in [0.05, 0.1) is 5.69 Å². The van der Waals surface area contributed by atoms with Crippen LogP contribution in [-0.4, -0.2) is 12.0 Å². The molecular formula is C17H22N2O. The van der Waals surface area contributed by atoms with Gasteiger partial charge < -0.3 is 10.1 Å². The van der Waals surface area contributed by atoms with Gasteiger partial charge in [-0.2, -0.15) is 0 Å². The Morgan fingerprint density at radius 2 is 1.90 bits per heavy atom. The number of nitrogens with zero attached hydrogens (tertiary/aromatic N) is 1. The highest BCUT2D eigenvalue weighted by atomic mass is 16.5. The van der Waals surface area contributed by atoms with Crippen LogP contribution in [-0.2, 0) is 13.0 Å². The lowest BCUT2D eigenvalue weighted by Crippen LogP contribution is -2.00. The molecule has 0 saturated carbocycles. The lowest BCUT2D eigenvalue weighted by molar-refractivity contribution is 0.301. The number of hydrogen-bond donors (Lipinski definition) is 1. The summed E-state index contributed by atoms with van der Waals surface area (Å²) in [6.45, 7) is 2.70. The zero-order chi connectivity index (χ0) is 14.2. The molecule has 20 heavy (non-hydrogen) atoms. The van der Waals surface area contributed by atoms with Crippen molar-refractivity contribution < 1.29 is 4.74 Å². The molecule has 0 atom stereocenters. The largest absolute Gasteiger partial charge is 0.487 e. The molecule has 3 heteroatoms. The van der Waals surface area contributed by atoms with Gasteiger partial charge in [-0.1, -0.05) is 31.5 Å². The van der Waals surface area contributed by atoms with Crippen LogP contribution in [0.1, 0.15) is 31.0 Å². The Balaban J connectivity index is 1.89. The van der Waals surface area contributed by atoms with Gasteiger partial charge in [0.2, 0.25) is 0 Å². The third-order valence-electron chi connectivity index (χ3n) is 3.19. The number of pyridine rings is 1. The molecule has 3 nitrogen and oxygen atoms in total. The Bertz CT molecular complexity index is 523. The van der Waals surface area contributed by atoms with E-state index in [-0.39, 0.29) is 0 Å². The molecule has 0 aliphatic rings. The number of aromatic nitrogens is 1. The van der Waals surface area contributed by atoms with Gasteiger partial charge in [0.1, 0.15) is 18.2 Å². The van der Waals surface area contributed by atoms with Crippen LogP contribution in [0.3, 0.4) is 0 Å². The highest BCUT2D eigenvalue weighted by molar-refractivity contribution is 5.34. The van der Waals surface area contributed by atoms with E-state index in [1.54, 1.807) is 0 Å². The van der Waals surface area contributed by atoms with Crippen molar-refractivity contribution in [2.75, 3.05) is 12.4 Å². The summed E-state index contributed by atoms with van der Waals surface area (Å²) in [5.41, 5.74) is 2.29. The molecule has 1 N–H and O–H groups in total. The average molecular weight is 270 g/mol. The zero-order valence-corrected chi connectivity index (χ0v) is 12.2. The molecule has 106 valence electrons. The van der Waals surface area contributed by atoms with Gasteiger partial charge in [0.15, 0.2) is 0 Å². The minimum absolute atomic E-state index is 0.490. The summed E-state index contributed by atoms with van der Waals surface area (Å²) in [7, 11) is 1.86. The van der Waals surface area contributed by atoms with E-state index < -0.39 is 0 Å². The van der Waals surface area contributed by atoms with Crippen LogP contribution in [0, 0.1) is 0 Å². The molecule has 0 amide bonds. The van der Waals surface area contributed by atoms with Gasteiger partial charge in [-0.15, -0.1) is 0 Å². The number of aryl methyl sites for hydroxylation is 1. The van der Waals surface area contributed by atoms with Gasteiger partial charge in [-0.05, 0) is 42.7 Å². The summed E-state index contributed by atoms with van der Waals surface area (Å²) < 4.78 is 5.76. The van der Waals surface area contributed by atoms with Crippen LogP contribution in [0.2, 0.25) is 0 Å². The van der Waals surface area contributed by atoms with Crippen LogP contribution in [0.4, 0.5) is 5.82 Å². The number of benzene rings is 1. The number of hydrogen-bond acceptors (Lipinski definition) is 3. The first kappa shape index (κ1) is 14.4. The number of ether oxygens (including phenoxy) is 1. The van der Waals surface area contributed by atoms with Crippen molar-refractivity contribution in [3.63, 3.8) is 0 Å². The summed E-state index contributed by atoms with van der Waals surface area (Å²) in [5, 5.41) is 3.03. The third kappa shape index (κ3) is 4.26. The molecular weight excluding hydrogens is 248 g/mol. The van der Waals surface area contributed by atoms with Crippen LogP contribution in [0.25, 0.3) is 0 Å². The first-order valence-corrected chi connectivity index (χ1v) is 7.17. The van der Waals surface area contributed by atoms with E-state index in [2.05, 4.69) is 29.4 Å². The minimum Gasteiger partial charge on any atom is -0.487 e. The second kappa shape index (κ2) is 7.53. The maximum absolute atomic E-state index is 5.76. The molecule has 0 radical (unpaired) electrons. The van der Waals surface area contributed by atoms with Gasteiger partial charge >= 0.3 is 0 Å². The molecule has 0 aliphatic heterocycles. The highest BCUT2D eigenvalue weighted by Gasteiger charge is 1.99. The normalized spacial score (nSPS) is 10.3. The quantitative estimate of drug-likeness (QED) is 0.824. The summed E-state index contributed by atoms with van der Waals surface area (Å²) >= 11 is 0. The highest BCUT2D eigenvalue weighted by Crippen LogP contribution is 2.15. The second-order valence-corrected chi connectivity index (χ2v) is 4.80. The van der Waals surface area contributed by atoms with Crippen molar-refractivity contribution in [1.82, 2.24) is 4.98 Å². The molecule has 0 spiro atoms. The van der Waals surface area contributed by atoms with Crippen molar-refractivity contribution in [3.05, 3.63) is 53.7 Å². The number of rotatable bonds is 7. The van der Waals surface area contributed by atoms with Crippen LogP contribution >= 0.6 is 0 Å². The number of anilines is 1. The summed E-state index contributed by atoms with van der Waals surface area (Å²) in [6, 6.07) is 14.2. The molecule has 0 unspecified atom stereocenters. The maximum atomic E-state index is 5.76. The summed E-state index contributed by atoms with van der Waals surface area (Å²) in [4.78, 5) is 4.43. The molecule has 0 fully saturated rings. The van der Waals surface area contributed by atoms with E-state index in [0.717, 1.165) is 23.7 Å². The molecule has 2 aromatic rings. The minimum atomic E-state index is 0.490. The SMILES string of the molecule is CCCCc1ccc(OCc2cccc(NC)n2)cc1.